The molecule has 1 aromatic carbocycles. The van der Waals surface area contributed by atoms with E-state index in [-0.39, 0.29) is 0 Å². The zero-order valence-corrected chi connectivity index (χ0v) is 8.83. The molecule has 1 atom stereocenters. The molecule has 2 heteroatoms. The van der Waals surface area contributed by atoms with Crippen LogP contribution in [0.1, 0.15) is 24.1 Å². The van der Waals surface area contributed by atoms with Gasteiger partial charge < -0.3 is 5.32 Å². The summed E-state index contributed by atoms with van der Waals surface area (Å²) in [4.78, 5) is 4.39. The summed E-state index contributed by atoms with van der Waals surface area (Å²) in [6.07, 6.45) is 2.97. The van der Waals surface area contributed by atoms with Gasteiger partial charge in [-0.15, -0.1) is 0 Å². The Morgan fingerprint density at radius 3 is 3.20 bits per heavy atom. The predicted octanol–water partition coefficient (Wildman–Crippen LogP) is 2.44. The van der Waals surface area contributed by atoms with Crippen LogP contribution in [0, 0.1) is 0 Å². The first-order valence-electron chi connectivity index (χ1n) is 5.46. The van der Waals surface area contributed by atoms with Crippen LogP contribution < -0.4 is 5.32 Å². The third-order valence-corrected chi connectivity index (χ3v) is 3.22. The van der Waals surface area contributed by atoms with Gasteiger partial charge in [0.05, 0.1) is 5.52 Å². The molecule has 0 saturated carbocycles. The first-order chi connectivity index (χ1) is 7.36. The highest BCUT2D eigenvalue weighted by Crippen LogP contribution is 2.28. The Hall–Kier alpha value is -1.41. The van der Waals surface area contributed by atoms with Crippen LogP contribution in [0.2, 0.25) is 0 Å². The minimum atomic E-state index is 0.471. The Morgan fingerprint density at radius 1 is 1.33 bits per heavy atom. The van der Waals surface area contributed by atoms with Gasteiger partial charge in [-0.05, 0) is 43.1 Å². The molecule has 2 heterocycles. The maximum Gasteiger partial charge on any atom is 0.0704 e. The minimum absolute atomic E-state index is 0.471. The van der Waals surface area contributed by atoms with Crippen molar-refractivity contribution in [1.29, 1.82) is 0 Å². The van der Waals surface area contributed by atoms with Crippen molar-refractivity contribution >= 4 is 10.9 Å². The van der Waals surface area contributed by atoms with Crippen LogP contribution in [-0.2, 0) is 6.42 Å². The van der Waals surface area contributed by atoms with Crippen molar-refractivity contribution in [3.63, 3.8) is 0 Å². The Morgan fingerprint density at radius 2 is 2.27 bits per heavy atom. The molecule has 15 heavy (non-hydrogen) atoms. The van der Waals surface area contributed by atoms with E-state index in [0.717, 1.165) is 18.5 Å². The second-order valence-electron chi connectivity index (χ2n) is 4.13. The van der Waals surface area contributed by atoms with Crippen LogP contribution in [-0.4, -0.2) is 11.5 Å². The first kappa shape index (κ1) is 8.86. The van der Waals surface area contributed by atoms with Gasteiger partial charge in [0.25, 0.3) is 0 Å². The average molecular weight is 198 g/mol. The fraction of sp³-hybridized carbons (Fsp3) is 0.308. The van der Waals surface area contributed by atoms with Crippen molar-refractivity contribution in [1.82, 2.24) is 10.3 Å². The van der Waals surface area contributed by atoms with Crippen LogP contribution in [0.5, 0.6) is 0 Å². The fourth-order valence-electron chi connectivity index (χ4n) is 2.44. The third-order valence-electron chi connectivity index (χ3n) is 3.22. The van der Waals surface area contributed by atoms with E-state index in [0.29, 0.717) is 6.04 Å². The number of hydrogen-bond donors (Lipinski definition) is 1. The van der Waals surface area contributed by atoms with Gasteiger partial charge in [0, 0.05) is 17.6 Å². The van der Waals surface area contributed by atoms with E-state index in [4.69, 9.17) is 0 Å². The lowest BCUT2D eigenvalue weighted by Crippen LogP contribution is -2.27. The molecule has 0 amide bonds. The number of nitrogens with zero attached hydrogens (tertiary/aromatic N) is 1. The van der Waals surface area contributed by atoms with E-state index in [1.54, 1.807) is 0 Å². The van der Waals surface area contributed by atoms with Gasteiger partial charge in [-0.3, -0.25) is 4.98 Å². The number of nitrogens with one attached hydrogen (secondary N) is 1. The fourth-order valence-corrected chi connectivity index (χ4v) is 2.44. The van der Waals surface area contributed by atoms with Gasteiger partial charge >= 0.3 is 0 Å². The van der Waals surface area contributed by atoms with Crippen LogP contribution in [0.25, 0.3) is 10.9 Å². The summed E-state index contributed by atoms with van der Waals surface area (Å²) in [5.41, 5.74) is 4.03. The third kappa shape index (κ3) is 1.33. The molecule has 3 rings (SSSR count). The zero-order chi connectivity index (χ0) is 10.3. The van der Waals surface area contributed by atoms with Gasteiger partial charge in [-0.2, -0.15) is 0 Å². The molecule has 0 saturated heterocycles. The minimum Gasteiger partial charge on any atom is -0.310 e. The monoisotopic (exact) mass is 198 g/mol. The molecule has 2 aromatic rings. The standard InChI is InChI=1S/C13H14N2/c1-9-10-4-5-13-12(3-2-7-15-13)11(10)6-8-14-9/h2-5,7,9,14H,6,8H2,1H3. The highest BCUT2D eigenvalue weighted by atomic mass is 14.9. The lowest BCUT2D eigenvalue weighted by atomic mass is 9.92. The van der Waals surface area contributed by atoms with Gasteiger partial charge in [-0.1, -0.05) is 12.1 Å². The topological polar surface area (TPSA) is 24.9 Å². The van der Waals surface area contributed by atoms with Crippen molar-refractivity contribution in [3.05, 3.63) is 41.6 Å². The van der Waals surface area contributed by atoms with Crippen LogP contribution in [0.15, 0.2) is 30.5 Å². The molecule has 2 nitrogen and oxygen atoms in total. The summed E-state index contributed by atoms with van der Waals surface area (Å²) in [5.74, 6) is 0. The van der Waals surface area contributed by atoms with E-state index < -0.39 is 0 Å². The molecule has 0 aliphatic carbocycles. The maximum atomic E-state index is 4.39. The van der Waals surface area contributed by atoms with Gasteiger partial charge in [-0.25, -0.2) is 0 Å². The number of rotatable bonds is 0. The highest BCUT2D eigenvalue weighted by Gasteiger charge is 2.17. The molecule has 1 aliphatic rings. The maximum absolute atomic E-state index is 4.39. The van der Waals surface area contributed by atoms with Crippen molar-refractivity contribution in [3.8, 4) is 0 Å². The van der Waals surface area contributed by atoms with E-state index in [2.05, 4.69) is 35.4 Å². The van der Waals surface area contributed by atoms with Crippen LogP contribution >= 0.6 is 0 Å². The molecule has 1 aromatic heterocycles. The Labute approximate surface area is 89.3 Å². The summed E-state index contributed by atoms with van der Waals surface area (Å²) in [6.45, 7) is 3.29. The molecule has 1 unspecified atom stereocenters. The Bertz CT molecular complexity index is 505. The normalized spacial score (nSPS) is 20.2. The second kappa shape index (κ2) is 3.31. The molecule has 1 N–H and O–H groups in total. The SMILES string of the molecule is CC1NCCc2c1ccc1ncccc21. The largest absolute Gasteiger partial charge is 0.310 e. The average Bonchev–Trinajstić information content (AvgIpc) is 2.29. The molecular formula is C13H14N2. The summed E-state index contributed by atoms with van der Waals surface area (Å²) < 4.78 is 0. The molecule has 0 fully saturated rings. The van der Waals surface area contributed by atoms with Gasteiger partial charge in [0.15, 0.2) is 0 Å². The van der Waals surface area contributed by atoms with E-state index in [1.807, 2.05) is 12.3 Å². The summed E-state index contributed by atoms with van der Waals surface area (Å²) in [5, 5.41) is 4.80. The number of hydrogen-bond acceptors (Lipinski definition) is 2. The summed E-state index contributed by atoms with van der Waals surface area (Å²) in [6, 6.07) is 9.01. The Kier molecular flexibility index (Phi) is 1.96. The van der Waals surface area contributed by atoms with Crippen LogP contribution in [0.4, 0.5) is 0 Å². The van der Waals surface area contributed by atoms with Crippen LogP contribution in [0.3, 0.4) is 0 Å². The van der Waals surface area contributed by atoms with Crippen molar-refractivity contribution in [2.24, 2.45) is 0 Å². The lowest BCUT2D eigenvalue weighted by Gasteiger charge is -2.24. The van der Waals surface area contributed by atoms with E-state index >= 15 is 0 Å². The molecule has 0 radical (unpaired) electrons. The van der Waals surface area contributed by atoms with E-state index in [9.17, 15) is 0 Å². The summed E-state index contributed by atoms with van der Waals surface area (Å²) in [7, 11) is 0. The lowest BCUT2D eigenvalue weighted by molar-refractivity contribution is 0.543. The van der Waals surface area contributed by atoms with E-state index in [1.165, 1.54) is 16.5 Å². The smallest absolute Gasteiger partial charge is 0.0704 e. The number of benzene rings is 1. The van der Waals surface area contributed by atoms with Gasteiger partial charge in [0.1, 0.15) is 0 Å². The highest BCUT2D eigenvalue weighted by molar-refractivity contribution is 5.83. The zero-order valence-electron chi connectivity index (χ0n) is 8.83. The molecule has 76 valence electrons. The quantitative estimate of drug-likeness (QED) is 0.703. The van der Waals surface area contributed by atoms with Gasteiger partial charge in [0.2, 0.25) is 0 Å². The summed E-state index contributed by atoms with van der Waals surface area (Å²) >= 11 is 0. The Balaban J connectivity index is 2.33. The van der Waals surface area contributed by atoms with Crippen molar-refractivity contribution < 1.29 is 0 Å². The number of pyridine rings is 1. The molecular weight excluding hydrogens is 184 g/mol. The number of aromatic nitrogens is 1. The molecule has 0 bridgehead atoms. The van der Waals surface area contributed by atoms with Crippen molar-refractivity contribution in [2.45, 2.75) is 19.4 Å². The first-order valence-corrected chi connectivity index (χ1v) is 5.46. The molecule has 1 aliphatic heterocycles. The molecule has 0 spiro atoms. The van der Waals surface area contributed by atoms with Crippen molar-refractivity contribution in [2.75, 3.05) is 6.54 Å². The second-order valence-corrected chi connectivity index (χ2v) is 4.13. The number of fused-ring (bicyclic) bond motifs is 3. The predicted molar refractivity (Wildman–Crippen MR) is 61.9 cm³/mol.